The highest BCUT2D eigenvalue weighted by atomic mass is 32.2. The van der Waals surface area contributed by atoms with Crippen molar-refractivity contribution >= 4 is 15.8 Å². The van der Waals surface area contributed by atoms with E-state index in [0.717, 1.165) is 18.4 Å². The zero-order valence-corrected chi connectivity index (χ0v) is 17.5. The quantitative estimate of drug-likeness (QED) is 0.354. The van der Waals surface area contributed by atoms with E-state index in [9.17, 15) is 21.6 Å². The fraction of sp³-hybridized carbons (Fsp3) is 0.350. The van der Waals surface area contributed by atoms with Crippen molar-refractivity contribution in [1.82, 2.24) is 10.6 Å². The van der Waals surface area contributed by atoms with Gasteiger partial charge in [-0.25, -0.2) is 26.6 Å². The van der Waals surface area contributed by atoms with Gasteiger partial charge in [0.25, 0.3) is 0 Å². The summed E-state index contributed by atoms with van der Waals surface area (Å²) in [5.41, 5.74) is 0.954. The molecule has 10 heteroatoms. The molecule has 0 fully saturated rings. The molecule has 0 spiro atoms. The first-order chi connectivity index (χ1) is 14.2. The van der Waals surface area contributed by atoms with Crippen LogP contribution in [-0.2, 0) is 22.1 Å². The van der Waals surface area contributed by atoms with Gasteiger partial charge in [-0.1, -0.05) is 6.07 Å². The predicted octanol–water partition coefficient (Wildman–Crippen LogP) is 2.78. The van der Waals surface area contributed by atoms with Crippen LogP contribution >= 0.6 is 0 Å². The number of sulfone groups is 1. The zero-order valence-electron chi connectivity index (χ0n) is 16.7. The van der Waals surface area contributed by atoms with Crippen LogP contribution in [0.2, 0.25) is 0 Å². The maximum Gasteiger partial charge on any atom is 0.191 e. The highest BCUT2D eigenvalue weighted by Crippen LogP contribution is 2.16. The Morgan fingerprint density at radius 2 is 1.80 bits per heavy atom. The Hall–Kier alpha value is -2.75. The van der Waals surface area contributed by atoms with E-state index in [4.69, 9.17) is 4.74 Å². The van der Waals surface area contributed by atoms with Crippen LogP contribution in [0.3, 0.4) is 0 Å². The minimum Gasteiger partial charge on any atom is -0.492 e. The van der Waals surface area contributed by atoms with Crippen molar-refractivity contribution in [2.75, 3.05) is 26.0 Å². The number of ether oxygens (including phenoxy) is 1. The number of guanidine groups is 1. The lowest BCUT2D eigenvalue weighted by molar-refractivity contribution is 0.318. The van der Waals surface area contributed by atoms with Gasteiger partial charge in [0.1, 0.15) is 18.2 Å². The van der Waals surface area contributed by atoms with Gasteiger partial charge in [0, 0.05) is 18.9 Å². The molecule has 0 aliphatic heterocycles. The van der Waals surface area contributed by atoms with Crippen LogP contribution in [-0.4, -0.2) is 40.3 Å². The molecule has 0 saturated carbocycles. The second-order valence-electron chi connectivity index (χ2n) is 6.53. The first-order valence-electron chi connectivity index (χ1n) is 9.23. The molecule has 164 valence electrons. The normalized spacial score (nSPS) is 12.0. The Bertz CT molecular complexity index is 998. The molecule has 0 atom stereocenters. The summed E-state index contributed by atoms with van der Waals surface area (Å²) in [4.78, 5) is 4.35. The topological polar surface area (TPSA) is 79.8 Å². The summed E-state index contributed by atoms with van der Waals surface area (Å²) >= 11 is 0. The Balaban J connectivity index is 1.98. The molecule has 0 aromatic heterocycles. The third kappa shape index (κ3) is 7.94. The Labute approximate surface area is 174 Å². The predicted molar refractivity (Wildman–Crippen MR) is 110 cm³/mol. The third-order valence-electron chi connectivity index (χ3n) is 3.89. The first kappa shape index (κ1) is 23.5. The summed E-state index contributed by atoms with van der Waals surface area (Å²) in [5.74, 6) is -2.01. The molecule has 2 aromatic rings. The Kier molecular flexibility index (Phi) is 8.52. The van der Waals surface area contributed by atoms with E-state index < -0.39 is 27.3 Å². The monoisotopic (exact) mass is 443 g/mol. The Morgan fingerprint density at radius 1 is 1.03 bits per heavy atom. The molecule has 0 bridgehead atoms. The lowest BCUT2D eigenvalue weighted by atomic mass is 10.1. The number of nitrogens with zero attached hydrogens (tertiary/aromatic N) is 1. The van der Waals surface area contributed by atoms with Crippen molar-refractivity contribution in [1.29, 1.82) is 0 Å². The number of hydrogen-bond acceptors (Lipinski definition) is 4. The van der Waals surface area contributed by atoms with Crippen LogP contribution in [0.15, 0.2) is 41.4 Å². The summed E-state index contributed by atoms with van der Waals surface area (Å²) in [6, 6.07) is 7.19. The molecule has 30 heavy (non-hydrogen) atoms. The molecule has 0 unspecified atom stereocenters. The molecule has 0 amide bonds. The van der Waals surface area contributed by atoms with E-state index in [1.165, 1.54) is 24.3 Å². The smallest absolute Gasteiger partial charge is 0.191 e. The van der Waals surface area contributed by atoms with Crippen LogP contribution in [0.25, 0.3) is 0 Å². The van der Waals surface area contributed by atoms with Gasteiger partial charge < -0.3 is 15.4 Å². The van der Waals surface area contributed by atoms with Crippen molar-refractivity contribution in [3.8, 4) is 5.75 Å². The molecule has 0 aliphatic rings. The summed E-state index contributed by atoms with van der Waals surface area (Å²) < 4.78 is 68.3. The molecule has 2 rings (SSSR count). The molecular formula is C20H24F3N3O3S. The lowest BCUT2D eigenvalue weighted by Crippen LogP contribution is -2.39. The number of rotatable bonds is 9. The summed E-state index contributed by atoms with van der Waals surface area (Å²) in [7, 11) is -3.28. The van der Waals surface area contributed by atoms with Gasteiger partial charge in [0.05, 0.1) is 18.8 Å². The van der Waals surface area contributed by atoms with Crippen molar-refractivity contribution < 1.29 is 26.3 Å². The highest BCUT2D eigenvalue weighted by Gasteiger charge is 2.11. The molecule has 0 radical (unpaired) electrons. The van der Waals surface area contributed by atoms with Crippen LogP contribution in [0.1, 0.15) is 18.1 Å². The molecule has 0 heterocycles. The molecule has 2 N–H and O–H groups in total. The van der Waals surface area contributed by atoms with Crippen molar-refractivity contribution in [2.24, 2.45) is 4.99 Å². The van der Waals surface area contributed by atoms with Crippen LogP contribution in [0.5, 0.6) is 5.75 Å². The SMILES string of the molecule is CCNC(=NCc1cc(F)ccc1CS(C)(=O)=O)NCCOc1ccc(F)c(F)c1. The molecule has 0 saturated heterocycles. The highest BCUT2D eigenvalue weighted by molar-refractivity contribution is 7.89. The van der Waals surface area contributed by atoms with Crippen molar-refractivity contribution in [3.05, 3.63) is 65.0 Å². The van der Waals surface area contributed by atoms with Gasteiger partial charge in [-0.3, -0.25) is 0 Å². The minimum absolute atomic E-state index is 0.0714. The van der Waals surface area contributed by atoms with Crippen molar-refractivity contribution in [3.63, 3.8) is 0 Å². The van der Waals surface area contributed by atoms with E-state index in [2.05, 4.69) is 15.6 Å². The Morgan fingerprint density at radius 3 is 2.47 bits per heavy atom. The van der Waals surface area contributed by atoms with E-state index in [1.807, 2.05) is 6.92 Å². The van der Waals surface area contributed by atoms with E-state index >= 15 is 0 Å². The second-order valence-corrected chi connectivity index (χ2v) is 8.67. The van der Waals surface area contributed by atoms with Gasteiger partial charge in [-0.15, -0.1) is 0 Å². The van der Waals surface area contributed by atoms with Crippen molar-refractivity contribution in [2.45, 2.75) is 19.2 Å². The third-order valence-corrected chi connectivity index (χ3v) is 4.73. The number of halogens is 3. The largest absolute Gasteiger partial charge is 0.492 e. The lowest BCUT2D eigenvalue weighted by Gasteiger charge is -2.13. The summed E-state index contributed by atoms with van der Waals surface area (Å²) in [5, 5.41) is 6.02. The van der Waals surface area contributed by atoms with Gasteiger partial charge in [0.2, 0.25) is 0 Å². The standard InChI is InChI=1S/C20H24F3N3O3S/c1-3-24-20(25-8-9-29-17-6-7-18(22)19(23)11-17)26-12-15-10-16(21)5-4-14(15)13-30(2,27)28/h4-7,10-11H,3,8-9,12-13H2,1-2H3,(H2,24,25,26). The first-order valence-corrected chi connectivity index (χ1v) is 11.3. The van der Waals surface area contributed by atoms with E-state index in [1.54, 1.807) is 0 Å². The number of nitrogens with one attached hydrogen (secondary N) is 2. The van der Waals surface area contributed by atoms with Crippen LogP contribution < -0.4 is 15.4 Å². The molecular weight excluding hydrogens is 419 g/mol. The van der Waals surface area contributed by atoms with Gasteiger partial charge in [-0.2, -0.15) is 0 Å². The maximum absolute atomic E-state index is 13.6. The fourth-order valence-electron chi connectivity index (χ4n) is 2.58. The number of aliphatic imine (C=N–C) groups is 1. The van der Waals surface area contributed by atoms with E-state index in [-0.39, 0.29) is 24.7 Å². The fourth-order valence-corrected chi connectivity index (χ4v) is 3.42. The maximum atomic E-state index is 13.6. The van der Waals surface area contributed by atoms with Gasteiger partial charge in [-0.05, 0) is 42.3 Å². The second kappa shape index (κ2) is 10.9. The average Bonchev–Trinajstić information content (AvgIpc) is 2.66. The van der Waals surface area contributed by atoms with Crippen LogP contribution in [0, 0.1) is 17.5 Å². The number of benzene rings is 2. The molecule has 6 nitrogen and oxygen atoms in total. The molecule has 0 aliphatic carbocycles. The van der Waals surface area contributed by atoms with E-state index in [0.29, 0.717) is 30.2 Å². The van der Waals surface area contributed by atoms with Gasteiger partial charge >= 0.3 is 0 Å². The summed E-state index contributed by atoms with van der Waals surface area (Å²) in [6.45, 7) is 2.97. The van der Waals surface area contributed by atoms with Crippen LogP contribution in [0.4, 0.5) is 13.2 Å². The average molecular weight is 443 g/mol. The number of hydrogen-bond donors (Lipinski definition) is 2. The van der Waals surface area contributed by atoms with Gasteiger partial charge in [0.15, 0.2) is 27.4 Å². The summed E-state index contributed by atoms with van der Waals surface area (Å²) in [6.07, 6.45) is 1.11. The molecule has 2 aromatic carbocycles. The zero-order chi connectivity index (χ0) is 22.1. The minimum atomic E-state index is -3.28.